The van der Waals surface area contributed by atoms with Crippen molar-refractivity contribution in [3.05, 3.63) is 57.6 Å². The van der Waals surface area contributed by atoms with Gasteiger partial charge in [0.2, 0.25) is 0 Å². The highest BCUT2D eigenvalue weighted by molar-refractivity contribution is 7.23. The molecule has 0 saturated carbocycles. The molecule has 0 spiro atoms. The van der Waals surface area contributed by atoms with Gasteiger partial charge in [0.15, 0.2) is 5.13 Å². The zero-order chi connectivity index (χ0) is 20.4. The van der Waals surface area contributed by atoms with Crippen LogP contribution in [-0.2, 0) is 4.74 Å². The fourth-order valence-electron chi connectivity index (χ4n) is 3.30. The number of anilines is 1. The van der Waals surface area contributed by atoms with Crippen molar-refractivity contribution in [2.45, 2.75) is 6.92 Å². The minimum absolute atomic E-state index is 0. The van der Waals surface area contributed by atoms with Gasteiger partial charge in [-0.25, -0.2) is 4.98 Å². The van der Waals surface area contributed by atoms with Crippen LogP contribution in [0, 0.1) is 6.92 Å². The van der Waals surface area contributed by atoms with E-state index < -0.39 is 0 Å². The number of hydrogen-bond acceptors (Lipinski definition) is 5. The van der Waals surface area contributed by atoms with E-state index in [-0.39, 0.29) is 18.3 Å². The second kappa shape index (κ2) is 10.3. The van der Waals surface area contributed by atoms with Gasteiger partial charge in [-0.3, -0.25) is 14.6 Å². The minimum atomic E-state index is -0.0947. The van der Waals surface area contributed by atoms with Crippen molar-refractivity contribution in [3.63, 3.8) is 0 Å². The Labute approximate surface area is 195 Å². The van der Waals surface area contributed by atoms with Gasteiger partial charge >= 0.3 is 0 Å². The van der Waals surface area contributed by atoms with Crippen LogP contribution < -0.4 is 4.90 Å². The number of carbonyl (C=O) groups is 1. The first kappa shape index (κ1) is 23.3. The monoisotopic (exact) mass is 485 g/mol. The van der Waals surface area contributed by atoms with E-state index >= 15 is 0 Å². The lowest BCUT2D eigenvalue weighted by molar-refractivity contribution is 0.0391. The summed E-state index contributed by atoms with van der Waals surface area (Å²) in [4.78, 5) is 22.2. The van der Waals surface area contributed by atoms with Gasteiger partial charge in [-0.15, -0.1) is 12.4 Å². The van der Waals surface area contributed by atoms with E-state index in [1.54, 1.807) is 29.2 Å². The third-order valence-corrected chi connectivity index (χ3v) is 6.79. The van der Waals surface area contributed by atoms with Crippen LogP contribution in [0.4, 0.5) is 5.13 Å². The van der Waals surface area contributed by atoms with E-state index in [9.17, 15) is 4.79 Å². The molecule has 1 aliphatic heterocycles. The first-order valence-electron chi connectivity index (χ1n) is 9.46. The van der Waals surface area contributed by atoms with Crippen molar-refractivity contribution in [2.24, 2.45) is 0 Å². The number of carbonyl (C=O) groups excluding carboxylic acids is 1. The highest BCUT2D eigenvalue weighted by atomic mass is 35.5. The van der Waals surface area contributed by atoms with Crippen molar-refractivity contribution in [2.75, 3.05) is 44.3 Å². The Bertz CT molecular complexity index is 981. The van der Waals surface area contributed by atoms with Crippen LogP contribution in [-0.4, -0.2) is 55.2 Å². The lowest BCUT2D eigenvalue weighted by Gasteiger charge is -2.29. The smallest absolute Gasteiger partial charge is 0.260 e. The van der Waals surface area contributed by atoms with Gasteiger partial charge in [-0.05, 0) is 42.8 Å². The SMILES string of the molecule is Cc1ccc(Cl)c2sc(N(CCN3CCOCC3)C(=O)c3ccc(Cl)cc3)nc12.Cl. The Balaban J connectivity index is 0.00000256. The van der Waals surface area contributed by atoms with E-state index in [2.05, 4.69) is 4.90 Å². The molecule has 9 heteroatoms. The molecular formula is C21H22Cl3N3O2S. The van der Waals surface area contributed by atoms with E-state index in [1.807, 2.05) is 19.1 Å². The summed E-state index contributed by atoms with van der Waals surface area (Å²) in [7, 11) is 0. The molecule has 0 N–H and O–H groups in total. The van der Waals surface area contributed by atoms with Crippen molar-refractivity contribution < 1.29 is 9.53 Å². The van der Waals surface area contributed by atoms with Gasteiger partial charge in [0, 0.05) is 36.8 Å². The summed E-state index contributed by atoms with van der Waals surface area (Å²) >= 11 is 13.8. The summed E-state index contributed by atoms with van der Waals surface area (Å²) in [6.07, 6.45) is 0. The van der Waals surface area contributed by atoms with Crippen LogP contribution in [0.15, 0.2) is 36.4 Å². The standard InChI is InChI=1S/C21H21Cl2N3O2S.ClH/c1-14-2-7-17(23)19-18(14)24-21(29-19)26(9-8-25-10-12-28-13-11-25)20(27)15-3-5-16(22)6-4-15;/h2-7H,8-13H2,1H3;1H. The third kappa shape index (κ3) is 5.07. The Morgan fingerprint density at radius 2 is 1.87 bits per heavy atom. The summed E-state index contributed by atoms with van der Waals surface area (Å²) in [6, 6.07) is 10.8. The Morgan fingerprint density at radius 3 is 2.53 bits per heavy atom. The van der Waals surface area contributed by atoms with Gasteiger partial charge < -0.3 is 4.74 Å². The Hall–Kier alpha value is -1.41. The first-order chi connectivity index (χ1) is 14.0. The number of halogens is 3. The number of aryl methyl sites for hydroxylation is 1. The molecule has 1 aliphatic rings. The van der Waals surface area contributed by atoms with E-state index in [4.69, 9.17) is 32.9 Å². The fourth-order valence-corrected chi connectivity index (χ4v) is 4.77. The number of hydrogen-bond donors (Lipinski definition) is 0. The predicted octanol–water partition coefficient (Wildman–Crippen LogP) is 5.31. The average Bonchev–Trinajstić information content (AvgIpc) is 3.19. The number of aromatic nitrogens is 1. The van der Waals surface area contributed by atoms with Gasteiger partial charge in [-0.2, -0.15) is 0 Å². The van der Waals surface area contributed by atoms with E-state index in [1.165, 1.54) is 11.3 Å². The summed E-state index contributed by atoms with van der Waals surface area (Å²) in [5.41, 5.74) is 2.47. The number of nitrogens with zero attached hydrogens (tertiary/aromatic N) is 3. The van der Waals surface area contributed by atoms with Crippen molar-refractivity contribution in [3.8, 4) is 0 Å². The van der Waals surface area contributed by atoms with Crippen molar-refractivity contribution >= 4 is 68.2 Å². The van der Waals surface area contributed by atoms with Gasteiger partial charge in [0.05, 0.1) is 28.5 Å². The van der Waals surface area contributed by atoms with Crippen molar-refractivity contribution in [1.29, 1.82) is 0 Å². The summed E-state index contributed by atoms with van der Waals surface area (Å²) in [5, 5.41) is 1.91. The molecule has 2 heterocycles. The van der Waals surface area contributed by atoms with Crippen LogP contribution >= 0.6 is 46.9 Å². The maximum Gasteiger partial charge on any atom is 0.260 e. The molecule has 0 aliphatic carbocycles. The van der Waals surface area contributed by atoms with Crippen LogP contribution in [0.1, 0.15) is 15.9 Å². The molecule has 3 aromatic rings. The molecule has 5 nitrogen and oxygen atoms in total. The Kier molecular flexibility index (Phi) is 7.96. The molecule has 0 unspecified atom stereocenters. The molecule has 1 aromatic heterocycles. The number of thiazole rings is 1. The van der Waals surface area contributed by atoms with E-state index in [0.717, 1.165) is 48.6 Å². The second-order valence-electron chi connectivity index (χ2n) is 6.96. The third-order valence-electron chi connectivity index (χ3n) is 5.00. The molecule has 0 radical (unpaired) electrons. The number of ether oxygens (including phenoxy) is 1. The zero-order valence-electron chi connectivity index (χ0n) is 16.4. The molecule has 0 atom stereocenters. The molecule has 1 saturated heterocycles. The summed E-state index contributed by atoms with van der Waals surface area (Å²) in [5.74, 6) is -0.0947. The normalized spacial score (nSPS) is 14.5. The second-order valence-corrected chi connectivity index (χ2v) is 8.78. The highest BCUT2D eigenvalue weighted by Gasteiger charge is 2.23. The van der Waals surface area contributed by atoms with Crippen LogP contribution in [0.3, 0.4) is 0 Å². The first-order valence-corrected chi connectivity index (χ1v) is 11.0. The van der Waals surface area contributed by atoms with Gasteiger partial charge in [-0.1, -0.05) is 40.6 Å². The fraction of sp³-hybridized carbons (Fsp3) is 0.333. The number of morpholine rings is 1. The van der Waals surface area contributed by atoms with Crippen LogP contribution in [0.5, 0.6) is 0 Å². The summed E-state index contributed by atoms with van der Waals surface area (Å²) in [6.45, 7) is 6.48. The number of amides is 1. The molecule has 2 aromatic carbocycles. The quantitative estimate of drug-likeness (QED) is 0.490. The number of benzene rings is 2. The lowest BCUT2D eigenvalue weighted by Crippen LogP contribution is -2.43. The van der Waals surface area contributed by atoms with Gasteiger partial charge in [0.1, 0.15) is 0 Å². The highest BCUT2D eigenvalue weighted by Crippen LogP contribution is 2.36. The van der Waals surface area contributed by atoms with E-state index in [0.29, 0.717) is 27.3 Å². The molecule has 30 heavy (non-hydrogen) atoms. The molecule has 160 valence electrons. The molecule has 0 bridgehead atoms. The molecule has 1 fully saturated rings. The number of rotatable bonds is 5. The van der Waals surface area contributed by atoms with Crippen molar-refractivity contribution in [1.82, 2.24) is 9.88 Å². The molecule has 1 amide bonds. The lowest BCUT2D eigenvalue weighted by atomic mass is 10.2. The van der Waals surface area contributed by atoms with Crippen LogP contribution in [0.25, 0.3) is 10.2 Å². The molecule has 4 rings (SSSR count). The largest absolute Gasteiger partial charge is 0.379 e. The summed E-state index contributed by atoms with van der Waals surface area (Å²) < 4.78 is 6.33. The van der Waals surface area contributed by atoms with Gasteiger partial charge in [0.25, 0.3) is 5.91 Å². The zero-order valence-corrected chi connectivity index (χ0v) is 19.6. The van der Waals surface area contributed by atoms with Crippen LogP contribution in [0.2, 0.25) is 10.0 Å². The average molecular weight is 487 g/mol. The molecular weight excluding hydrogens is 465 g/mol. The maximum absolute atomic E-state index is 13.3. The minimum Gasteiger partial charge on any atom is -0.379 e. The Morgan fingerprint density at radius 1 is 1.17 bits per heavy atom. The topological polar surface area (TPSA) is 45.7 Å². The maximum atomic E-state index is 13.3. The number of fused-ring (bicyclic) bond motifs is 1. The predicted molar refractivity (Wildman–Crippen MR) is 127 cm³/mol.